The first-order valence-electron chi connectivity index (χ1n) is 9.12. The van der Waals surface area contributed by atoms with Gasteiger partial charge in [-0.3, -0.25) is 9.69 Å². The van der Waals surface area contributed by atoms with Gasteiger partial charge < -0.3 is 4.90 Å². The van der Waals surface area contributed by atoms with Gasteiger partial charge in [0.2, 0.25) is 5.95 Å². The van der Waals surface area contributed by atoms with Gasteiger partial charge in [-0.15, -0.1) is 0 Å². The minimum atomic E-state index is 0.119. The Bertz CT molecular complexity index is 931. The van der Waals surface area contributed by atoms with E-state index < -0.39 is 0 Å². The van der Waals surface area contributed by atoms with Crippen molar-refractivity contribution in [3.8, 4) is 0 Å². The summed E-state index contributed by atoms with van der Waals surface area (Å²) >= 11 is 0. The Morgan fingerprint density at radius 3 is 2.52 bits per heavy atom. The number of hydrogen-bond acceptors (Lipinski definition) is 8. The molecule has 0 saturated carbocycles. The molecule has 0 aliphatic carbocycles. The van der Waals surface area contributed by atoms with Crippen LogP contribution in [-0.4, -0.2) is 57.1 Å². The van der Waals surface area contributed by atoms with E-state index in [-0.39, 0.29) is 11.8 Å². The van der Waals surface area contributed by atoms with Crippen LogP contribution in [0.1, 0.15) is 31.0 Å². The van der Waals surface area contributed by atoms with Crippen LogP contribution in [0.4, 0.5) is 5.95 Å². The Labute approximate surface area is 157 Å². The zero-order valence-electron chi connectivity index (χ0n) is 15.5. The van der Waals surface area contributed by atoms with E-state index >= 15 is 0 Å². The third-order valence-electron chi connectivity index (χ3n) is 5.05. The minimum absolute atomic E-state index is 0.119. The molecule has 0 amide bonds. The second-order valence-electron chi connectivity index (χ2n) is 6.98. The lowest BCUT2D eigenvalue weighted by Gasteiger charge is -2.38. The number of rotatable bonds is 5. The predicted octanol–water partition coefficient (Wildman–Crippen LogP) is 2.03. The second-order valence-corrected chi connectivity index (χ2v) is 6.98. The molecule has 1 unspecified atom stereocenters. The maximum Gasteiger partial charge on any atom is 0.225 e. The Balaban J connectivity index is 1.38. The van der Waals surface area contributed by atoms with Crippen LogP contribution in [-0.2, 0) is 11.2 Å². The monoisotopic (exact) mass is 366 g/mol. The largest absolute Gasteiger partial charge is 0.338 e. The highest BCUT2D eigenvalue weighted by atomic mass is 16.6. The van der Waals surface area contributed by atoms with Gasteiger partial charge in [-0.2, -0.15) is 0 Å². The lowest BCUT2D eigenvalue weighted by Crippen LogP contribution is -2.47. The van der Waals surface area contributed by atoms with Crippen LogP contribution in [0, 0.1) is 0 Å². The number of hydrogen-bond donors (Lipinski definition) is 0. The van der Waals surface area contributed by atoms with Gasteiger partial charge in [0, 0.05) is 51.0 Å². The second kappa shape index (κ2) is 7.40. The first-order valence-corrected chi connectivity index (χ1v) is 9.12. The molecule has 0 spiro atoms. The number of nitrogens with zero attached hydrogens (tertiary/aromatic N) is 6. The van der Waals surface area contributed by atoms with Gasteiger partial charge in [0.25, 0.3) is 0 Å². The fourth-order valence-corrected chi connectivity index (χ4v) is 3.47. The number of anilines is 1. The van der Waals surface area contributed by atoms with E-state index in [2.05, 4.69) is 43.1 Å². The highest BCUT2D eigenvalue weighted by Gasteiger charge is 2.23. The molecule has 1 aliphatic heterocycles. The van der Waals surface area contributed by atoms with E-state index in [0.717, 1.165) is 48.7 Å². The predicted molar refractivity (Wildman–Crippen MR) is 100 cm³/mol. The average molecular weight is 366 g/mol. The molecule has 1 aliphatic rings. The van der Waals surface area contributed by atoms with Crippen molar-refractivity contribution in [3.05, 3.63) is 41.7 Å². The van der Waals surface area contributed by atoms with Gasteiger partial charge >= 0.3 is 0 Å². The van der Waals surface area contributed by atoms with Crippen molar-refractivity contribution in [2.45, 2.75) is 26.3 Å². The highest BCUT2D eigenvalue weighted by Crippen LogP contribution is 2.25. The zero-order valence-corrected chi connectivity index (χ0v) is 15.5. The number of benzene rings is 1. The molecular formula is C19H22N6O2. The van der Waals surface area contributed by atoms with Crippen molar-refractivity contribution in [1.82, 2.24) is 25.2 Å². The van der Waals surface area contributed by atoms with E-state index in [4.69, 9.17) is 4.63 Å². The first kappa shape index (κ1) is 17.5. The molecule has 8 nitrogen and oxygen atoms in total. The van der Waals surface area contributed by atoms with E-state index in [1.54, 1.807) is 19.3 Å². The Morgan fingerprint density at radius 2 is 1.81 bits per heavy atom. The van der Waals surface area contributed by atoms with Gasteiger partial charge in [0.1, 0.15) is 16.8 Å². The summed E-state index contributed by atoms with van der Waals surface area (Å²) in [6.07, 6.45) is 3.89. The van der Waals surface area contributed by atoms with E-state index in [1.807, 2.05) is 12.1 Å². The number of carbonyl (C=O) groups is 1. The van der Waals surface area contributed by atoms with Gasteiger partial charge in [-0.05, 0) is 47.4 Å². The summed E-state index contributed by atoms with van der Waals surface area (Å²) in [7, 11) is 0. The lowest BCUT2D eigenvalue weighted by atomic mass is 10.1. The SMILES string of the molecule is CC(=O)Cc1cnc(N2CCN(C(C)c3ccc4nonc4c3)CC2)nc1. The van der Waals surface area contributed by atoms with Gasteiger partial charge in [-0.25, -0.2) is 14.6 Å². The molecular weight excluding hydrogens is 344 g/mol. The van der Waals surface area contributed by atoms with Crippen molar-refractivity contribution in [3.63, 3.8) is 0 Å². The number of piperazine rings is 1. The van der Waals surface area contributed by atoms with Crippen LogP contribution in [0.5, 0.6) is 0 Å². The van der Waals surface area contributed by atoms with E-state index in [9.17, 15) is 4.79 Å². The molecule has 0 N–H and O–H groups in total. The number of ketones is 1. The number of aromatic nitrogens is 4. The molecule has 27 heavy (non-hydrogen) atoms. The molecule has 1 fully saturated rings. The van der Waals surface area contributed by atoms with Crippen molar-refractivity contribution in [2.75, 3.05) is 31.1 Å². The maximum atomic E-state index is 11.2. The Hall–Kier alpha value is -2.87. The van der Waals surface area contributed by atoms with Crippen LogP contribution < -0.4 is 4.90 Å². The molecule has 3 heterocycles. The van der Waals surface area contributed by atoms with E-state index in [1.165, 1.54) is 5.56 Å². The normalized spacial score (nSPS) is 16.6. The summed E-state index contributed by atoms with van der Waals surface area (Å²) in [5.41, 5.74) is 3.63. The lowest BCUT2D eigenvalue weighted by molar-refractivity contribution is -0.116. The third-order valence-corrected chi connectivity index (χ3v) is 5.05. The highest BCUT2D eigenvalue weighted by molar-refractivity contribution is 5.78. The van der Waals surface area contributed by atoms with Crippen LogP contribution in [0.2, 0.25) is 0 Å². The minimum Gasteiger partial charge on any atom is -0.338 e. The third kappa shape index (κ3) is 3.80. The van der Waals surface area contributed by atoms with Crippen LogP contribution in [0.3, 0.4) is 0 Å². The number of carbonyl (C=O) groups excluding carboxylic acids is 1. The standard InChI is InChI=1S/C19H22N6O2/c1-13(26)9-15-11-20-19(21-12-15)25-7-5-24(6-8-25)14(2)16-3-4-17-18(10-16)23-27-22-17/h3-4,10-12,14H,5-9H2,1-2H3. The molecule has 4 rings (SSSR count). The van der Waals surface area contributed by atoms with Crippen molar-refractivity contribution >= 4 is 22.8 Å². The molecule has 0 bridgehead atoms. The Kier molecular flexibility index (Phi) is 4.81. The van der Waals surface area contributed by atoms with Crippen LogP contribution >= 0.6 is 0 Å². The number of fused-ring (bicyclic) bond motifs is 1. The van der Waals surface area contributed by atoms with Gasteiger partial charge in [0.15, 0.2) is 0 Å². The fraction of sp³-hybridized carbons (Fsp3) is 0.421. The topological polar surface area (TPSA) is 88.3 Å². The first-order chi connectivity index (χ1) is 13.1. The van der Waals surface area contributed by atoms with Gasteiger partial charge in [0.05, 0.1) is 0 Å². The molecule has 3 aromatic rings. The zero-order chi connectivity index (χ0) is 18.8. The summed E-state index contributed by atoms with van der Waals surface area (Å²) in [5, 5.41) is 7.79. The maximum absolute atomic E-state index is 11.2. The number of Topliss-reactive ketones (excluding diaryl/α,β-unsaturated/α-hetero) is 1. The average Bonchev–Trinajstić information content (AvgIpc) is 3.15. The Morgan fingerprint density at radius 1 is 1.11 bits per heavy atom. The summed E-state index contributed by atoms with van der Waals surface area (Å²) in [5.74, 6) is 0.846. The van der Waals surface area contributed by atoms with E-state index in [0.29, 0.717) is 6.42 Å². The molecule has 0 radical (unpaired) electrons. The molecule has 1 saturated heterocycles. The summed E-state index contributed by atoms with van der Waals surface area (Å²) in [4.78, 5) is 24.7. The summed E-state index contributed by atoms with van der Waals surface area (Å²) < 4.78 is 4.78. The molecule has 1 aromatic carbocycles. The van der Waals surface area contributed by atoms with Crippen LogP contribution in [0.15, 0.2) is 35.2 Å². The summed E-state index contributed by atoms with van der Waals surface area (Å²) in [6, 6.07) is 6.36. The fourth-order valence-electron chi connectivity index (χ4n) is 3.47. The van der Waals surface area contributed by atoms with Gasteiger partial charge in [-0.1, -0.05) is 6.07 Å². The molecule has 2 aromatic heterocycles. The van der Waals surface area contributed by atoms with Crippen molar-refractivity contribution in [1.29, 1.82) is 0 Å². The quantitative estimate of drug-likeness (QED) is 0.678. The molecule has 1 atom stereocenters. The molecule has 140 valence electrons. The molecule has 8 heteroatoms. The smallest absolute Gasteiger partial charge is 0.225 e. The van der Waals surface area contributed by atoms with Crippen molar-refractivity contribution < 1.29 is 9.42 Å². The van der Waals surface area contributed by atoms with Crippen LogP contribution in [0.25, 0.3) is 11.0 Å². The summed E-state index contributed by atoms with van der Waals surface area (Å²) in [6.45, 7) is 7.36. The van der Waals surface area contributed by atoms with Crippen molar-refractivity contribution in [2.24, 2.45) is 0 Å².